The summed E-state index contributed by atoms with van der Waals surface area (Å²) in [6.07, 6.45) is 3.17. The van der Waals surface area contributed by atoms with Gasteiger partial charge < -0.3 is 20.4 Å². The number of carbonyl (C=O) groups excluding carboxylic acids is 2. The van der Waals surface area contributed by atoms with Crippen LogP contribution in [-0.2, 0) is 0 Å². The topological polar surface area (TPSA) is 64.7 Å². The molecule has 1 aliphatic rings. The summed E-state index contributed by atoms with van der Waals surface area (Å²) < 4.78 is 0. The molecule has 1 heterocycles. The summed E-state index contributed by atoms with van der Waals surface area (Å²) in [7, 11) is 3.37. The van der Waals surface area contributed by atoms with Gasteiger partial charge >= 0.3 is 6.03 Å². The van der Waals surface area contributed by atoms with E-state index in [9.17, 15) is 9.59 Å². The second-order valence-corrected chi connectivity index (χ2v) is 6.53. The standard InChI is InChI=1S/C18H28N4O2/c1-5-13(2)19-17(23)15-12-14(20-18(24)21(3)4)8-9-16(15)22-10-6-7-11-22/h8-9,12-13H,5-7,10-11H2,1-4H3,(H,19,23)(H,20,24). The molecule has 1 saturated heterocycles. The molecule has 6 heteroatoms. The van der Waals surface area contributed by atoms with E-state index in [1.165, 1.54) is 4.90 Å². The van der Waals surface area contributed by atoms with E-state index in [2.05, 4.69) is 15.5 Å². The second kappa shape index (κ2) is 8.04. The Kier molecular flexibility index (Phi) is 6.06. The smallest absolute Gasteiger partial charge is 0.321 e. The van der Waals surface area contributed by atoms with Gasteiger partial charge in [0, 0.05) is 44.6 Å². The molecule has 6 nitrogen and oxygen atoms in total. The van der Waals surface area contributed by atoms with Crippen molar-refractivity contribution < 1.29 is 9.59 Å². The number of hydrogen-bond acceptors (Lipinski definition) is 3. The van der Waals surface area contributed by atoms with E-state index in [-0.39, 0.29) is 18.0 Å². The molecule has 1 aliphatic heterocycles. The van der Waals surface area contributed by atoms with Crippen LogP contribution in [-0.4, -0.2) is 50.1 Å². The van der Waals surface area contributed by atoms with Crippen LogP contribution in [0.1, 0.15) is 43.5 Å². The molecule has 132 valence electrons. The summed E-state index contributed by atoms with van der Waals surface area (Å²) in [5.41, 5.74) is 2.19. The van der Waals surface area contributed by atoms with Crippen LogP contribution in [0, 0.1) is 0 Å². The molecule has 1 aromatic carbocycles. The summed E-state index contributed by atoms with van der Waals surface area (Å²) in [5.74, 6) is -0.0906. The van der Waals surface area contributed by atoms with E-state index < -0.39 is 0 Å². The molecule has 1 fully saturated rings. The maximum atomic E-state index is 12.7. The highest BCUT2D eigenvalue weighted by molar-refractivity contribution is 6.02. The maximum absolute atomic E-state index is 12.7. The maximum Gasteiger partial charge on any atom is 0.321 e. The van der Waals surface area contributed by atoms with Crippen molar-refractivity contribution >= 4 is 23.3 Å². The Morgan fingerprint density at radius 2 is 1.92 bits per heavy atom. The zero-order valence-corrected chi connectivity index (χ0v) is 15.1. The molecule has 24 heavy (non-hydrogen) atoms. The van der Waals surface area contributed by atoms with Crippen molar-refractivity contribution in [3.05, 3.63) is 23.8 Å². The van der Waals surface area contributed by atoms with E-state index in [1.807, 2.05) is 26.0 Å². The molecule has 2 N–H and O–H groups in total. The molecule has 2 rings (SSSR count). The number of rotatable bonds is 5. The van der Waals surface area contributed by atoms with Crippen molar-refractivity contribution in [2.75, 3.05) is 37.4 Å². The number of benzene rings is 1. The van der Waals surface area contributed by atoms with Gasteiger partial charge in [-0.3, -0.25) is 4.79 Å². The number of anilines is 2. The molecule has 1 aromatic rings. The average molecular weight is 332 g/mol. The highest BCUT2D eigenvalue weighted by Crippen LogP contribution is 2.27. The molecular formula is C18H28N4O2. The molecule has 3 amide bonds. The van der Waals surface area contributed by atoms with Crippen molar-refractivity contribution in [1.29, 1.82) is 0 Å². The van der Waals surface area contributed by atoms with Gasteiger partial charge in [0.05, 0.1) is 5.56 Å². The Morgan fingerprint density at radius 3 is 2.50 bits per heavy atom. The SMILES string of the molecule is CCC(C)NC(=O)c1cc(NC(=O)N(C)C)ccc1N1CCCC1. The summed E-state index contributed by atoms with van der Waals surface area (Å²) in [6.45, 7) is 5.96. The molecule has 1 unspecified atom stereocenters. The molecule has 0 saturated carbocycles. The van der Waals surface area contributed by atoms with Crippen molar-refractivity contribution in [3.63, 3.8) is 0 Å². The fourth-order valence-corrected chi connectivity index (χ4v) is 2.67. The van der Waals surface area contributed by atoms with Gasteiger partial charge in [0.15, 0.2) is 0 Å². The predicted molar refractivity (Wildman–Crippen MR) is 97.8 cm³/mol. The van der Waals surface area contributed by atoms with Crippen LogP contribution in [0.5, 0.6) is 0 Å². The zero-order valence-electron chi connectivity index (χ0n) is 15.1. The van der Waals surface area contributed by atoms with E-state index in [4.69, 9.17) is 0 Å². The molecule has 0 radical (unpaired) electrons. The summed E-state index contributed by atoms with van der Waals surface area (Å²) in [5, 5.41) is 5.83. The molecule has 1 atom stereocenters. The second-order valence-electron chi connectivity index (χ2n) is 6.53. The zero-order chi connectivity index (χ0) is 17.7. The summed E-state index contributed by atoms with van der Waals surface area (Å²) in [6, 6.07) is 5.46. The first-order valence-corrected chi connectivity index (χ1v) is 8.60. The first kappa shape index (κ1) is 18.1. The van der Waals surface area contributed by atoms with Gasteiger partial charge in [-0.15, -0.1) is 0 Å². The first-order valence-electron chi connectivity index (χ1n) is 8.60. The minimum absolute atomic E-state index is 0.0906. The van der Waals surface area contributed by atoms with Gasteiger partial charge in [-0.25, -0.2) is 4.79 Å². The molecule has 0 spiro atoms. The number of hydrogen-bond donors (Lipinski definition) is 2. The van der Waals surface area contributed by atoms with E-state index >= 15 is 0 Å². The Morgan fingerprint density at radius 1 is 1.25 bits per heavy atom. The van der Waals surface area contributed by atoms with Gasteiger partial charge in [-0.05, 0) is 44.4 Å². The predicted octanol–water partition coefficient (Wildman–Crippen LogP) is 2.91. The lowest BCUT2D eigenvalue weighted by atomic mass is 10.1. The normalized spacial score (nSPS) is 15.1. The Labute approximate surface area is 144 Å². The first-order chi connectivity index (χ1) is 11.4. The van der Waals surface area contributed by atoms with E-state index in [0.29, 0.717) is 11.3 Å². The van der Waals surface area contributed by atoms with Crippen LogP contribution in [0.15, 0.2) is 18.2 Å². The number of carbonyl (C=O) groups is 2. The lowest BCUT2D eigenvalue weighted by Crippen LogP contribution is -2.34. The molecule has 0 aliphatic carbocycles. The quantitative estimate of drug-likeness (QED) is 0.871. The van der Waals surface area contributed by atoms with Crippen LogP contribution in [0.4, 0.5) is 16.2 Å². The third kappa shape index (κ3) is 4.40. The fourth-order valence-electron chi connectivity index (χ4n) is 2.67. The fraction of sp³-hybridized carbons (Fsp3) is 0.556. The number of amides is 3. The molecule has 0 aromatic heterocycles. The summed E-state index contributed by atoms with van der Waals surface area (Å²) in [4.78, 5) is 28.3. The largest absolute Gasteiger partial charge is 0.371 e. The van der Waals surface area contributed by atoms with Crippen molar-refractivity contribution in [2.24, 2.45) is 0 Å². The van der Waals surface area contributed by atoms with Crippen molar-refractivity contribution in [3.8, 4) is 0 Å². The highest BCUT2D eigenvalue weighted by atomic mass is 16.2. The van der Waals surface area contributed by atoms with E-state index in [1.54, 1.807) is 20.2 Å². The van der Waals surface area contributed by atoms with Gasteiger partial charge in [-0.1, -0.05) is 6.92 Å². The highest BCUT2D eigenvalue weighted by Gasteiger charge is 2.21. The number of nitrogens with one attached hydrogen (secondary N) is 2. The number of urea groups is 1. The van der Waals surface area contributed by atoms with Crippen molar-refractivity contribution in [2.45, 2.75) is 39.2 Å². The van der Waals surface area contributed by atoms with Gasteiger partial charge in [-0.2, -0.15) is 0 Å². The Bertz CT molecular complexity index is 595. The average Bonchev–Trinajstić information content (AvgIpc) is 3.08. The van der Waals surface area contributed by atoms with Gasteiger partial charge in [0.1, 0.15) is 0 Å². The van der Waals surface area contributed by atoms with Gasteiger partial charge in [0.25, 0.3) is 5.91 Å². The third-order valence-electron chi connectivity index (χ3n) is 4.34. The number of nitrogens with zero attached hydrogens (tertiary/aromatic N) is 2. The Hall–Kier alpha value is -2.24. The monoisotopic (exact) mass is 332 g/mol. The Balaban J connectivity index is 2.30. The minimum atomic E-state index is -0.211. The van der Waals surface area contributed by atoms with Crippen LogP contribution in [0.25, 0.3) is 0 Å². The minimum Gasteiger partial charge on any atom is -0.371 e. The van der Waals surface area contributed by atoms with E-state index in [0.717, 1.165) is 38.0 Å². The van der Waals surface area contributed by atoms with Crippen LogP contribution in [0.3, 0.4) is 0 Å². The third-order valence-corrected chi connectivity index (χ3v) is 4.34. The lowest BCUT2D eigenvalue weighted by Gasteiger charge is -2.23. The van der Waals surface area contributed by atoms with Crippen molar-refractivity contribution in [1.82, 2.24) is 10.2 Å². The molecular weight excluding hydrogens is 304 g/mol. The summed E-state index contributed by atoms with van der Waals surface area (Å²) >= 11 is 0. The molecule has 0 bridgehead atoms. The van der Waals surface area contributed by atoms with Gasteiger partial charge in [0.2, 0.25) is 0 Å². The van der Waals surface area contributed by atoms with Crippen LogP contribution < -0.4 is 15.5 Å². The van der Waals surface area contributed by atoms with Crippen LogP contribution in [0.2, 0.25) is 0 Å². The van der Waals surface area contributed by atoms with Crippen LogP contribution >= 0.6 is 0 Å². The lowest BCUT2D eigenvalue weighted by molar-refractivity contribution is 0.0939.